The lowest BCUT2D eigenvalue weighted by Crippen LogP contribution is -2.51. The highest BCUT2D eigenvalue weighted by molar-refractivity contribution is 9.10. The molecule has 4 unspecified atom stereocenters. The smallest absolute Gasteiger partial charge is 0.161 e. The summed E-state index contributed by atoms with van der Waals surface area (Å²) in [6.45, 7) is 1.88. The molecule has 0 amide bonds. The number of fused-ring (bicyclic) bond motifs is 1. The number of rotatable bonds is 1. The van der Waals surface area contributed by atoms with Crippen LogP contribution < -0.4 is 4.74 Å². The average Bonchev–Trinajstić information content (AvgIpc) is 2.72. The molecular weight excluding hydrogens is 334 g/mol. The van der Waals surface area contributed by atoms with Crippen molar-refractivity contribution in [2.75, 3.05) is 13.7 Å². The Morgan fingerprint density at radius 2 is 2.24 bits per heavy atom. The van der Waals surface area contributed by atoms with Crippen LogP contribution in [0.4, 0.5) is 0 Å². The van der Waals surface area contributed by atoms with Crippen LogP contribution in [0.1, 0.15) is 36.8 Å². The zero-order valence-electron chi connectivity index (χ0n) is 12.1. The van der Waals surface area contributed by atoms with E-state index in [0.29, 0.717) is 17.5 Å². The predicted molar refractivity (Wildman–Crippen MR) is 82.7 cm³/mol. The highest BCUT2D eigenvalue weighted by Gasteiger charge is 2.56. The molecule has 4 atom stereocenters. The van der Waals surface area contributed by atoms with Gasteiger partial charge < -0.3 is 14.9 Å². The van der Waals surface area contributed by atoms with Gasteiger partial charge in [0.25, 0.3) is 0 Å². The van der Waals surface area contributed by atoms with Gasteiger partial charge in [-0.05, 0) is 43.9 Å². The molecule has 1 saturated heterocycles. The molecule has 1 saturated carbocycles. The second-order valence-electron chi connectivity index (χ2n) is 6.58. The molecule has 0 aromatic heterocycles. The van der Waals surface area contributed by atoms with Gasteiger partial charge in [0.15, 0.2) is 11.5 Å². The first kappa shape index (κ1) is 13.9. The van der Waals surface area contributed by atoms with Gasteiger partial charge in [-0.1, -0.05) is 15.9 Å². The fourth-order valence-electron chi connectivity index (χ4n) is 4.79. The molecule has 2 aliphatic heterocycles. The van der Waals surface area contributed by atoms with Gasteiger partial charge in [0, 0.05) is 28.0 Å². The Morgan fingerprint density at radius 1 is 1.43 bits per heavy atom. The van der Waals surface area contributed by atoms with Crippen LogP contribution in [0.15, 0.2) is 10.5 Å². The van der Waals surface area contributed by atoms with E-state index in [2.05, 4.69) is 20.8 Å². The number of halogens is 1. The van der Waals surface area contributed by atoms with Crippen LogP contribution in [0.5, 0.6) is 11.5 Å². The number of nitrogens with zero attached hydrogens (tertiary/aromatic N) is 1. The summed E-state index contributed by atoms with van der Waals surface area (Å²) >= 11 is 3.65. The molecule has 2 N–H and O–H groups in total. The standard InChI is InChI=1S/C16H20BrNO3/c1-21-12-7-11(17)10-8-18-5-4-16(14(10)15(12)20)3-2-9(19)6-13(16)18/h7,9,13,19-20H,2-6,8H2,1H3. The second kappa shape index (κ2) is 4.61. The van der Waals surface area contributed by atoms with E-state index in [9.17, 15) is 10.2 Å². The van der Waals surface area contributed by atoms with Gasteiger partial charge in [0.1, 0.15) is 0 Å². The van der Waals surface area contributed by atoms with Crippen molar-refractivity contribution >= 4 is 15.9 Å². The number of ether oxygens (including phenoxy) is 1. The fraction of sp³-hybridized carbons (Fsp3) is 0.625. The van der Waals surface area contributed by atoms with Gasteiger partial charge in [-0.3, -0.25) is 4.90 Å². The maximum Gasteiger partial charge on any atom is 0.161 e. The van der Waals surface area contributed by atoms with Gasteiger partial charge in [-0.2, -0.15) is 0 Å². The van der Waals surface area contributed by atoms with Crippen molar-refractivity contribution in [1.29, 1.82) is 0 Å². The molecule has 0 radical (unpaired) electrons. The Morgan fingerprint density at radius 3 is 3.00 bits per heavy atom. The van der Waals surface area contributed by atoms with Crippen molar-refractivity contribution in [3.8, 4) is 11.5 Å². The molecule has 21 heavy (non-hydrogen) atoms. The highest BCUT2D eigenvalue weighted by Crippen LogP contribution is 2.58. The predicted octanol–water partition coefficient (Wildman–Crippen LogP) is 2.53. The molecule has 5 heteroatoms. The molecule has 2 bridgehead atoms. The highest BCUT2D eigenvalue weighted by atomic mass is 79.9. The van der Waals surface area contributed by atoms with E-state index < -0.39 is 0 Å². The lowest BCUT2D eigenvalue weighted by Gasteiger charge is -2.48. The minimum atomic E-state index is -0.207. The summed E-state index contributed by atoms with van der Waals surface area (Å²) in [6.07, 6.45) is 3.42. The first-order valence-electron chi connectivity index (χ1n) is 7.58. The number of methoxy groups -OCH3 is 1. The van der Waals surface area contributed by atoms with Crippen molar-refractivity contribution in [3.63, 3.8) is 0 Å². The third-order valence-corrected chi connectivity index (χ3v) is 6.45. The third-order valence-electron chi connectivity index (χ3n) is 5.74. The molecule has 0 spiro atoms. The number of aromatic hydroxyl groups is 1. The van der Waals surface area contributed by atoms with E-state index in [1.54, 1.807) is 7.11 Å². The number of aliphatic hydroxyl groups is 1. The zero-order valence-corrected chi connectivity index (χ0v) is 13.7. The number of aliphatic hydroxyl groups excluding tert-OH is 1. The summed E-state index contributed by atoms with van der Waals surface area (Å²) in [7, 11) is 1.59. The van der Waals surface area contributed by atoms with E-state index >= 15 is 0 Å². The van der Waals surface area contributed by atoms with Crippen molar-refractivity contribution < 1.29 is 14.9 Å². The van der Waals surface area contributed by atoms with Crippen LogP contribution in [0.3, 0.4) is 0 Å². The summed E-state index contributed by atoms with van der Waals surface area (Å²) in [6, 6.07) is 2.21. The molecule has 1 aromatic rings. The quantitative estimate of drug-likeness (QED) is 0.814. The van der Waals surface area contributed by atoms with E-state index in [4.69, 9.17) is 4.74 Å². The molecule has 1 aliphatic carbocycles. The van der Waals surface area contributed by atoms with Gasteiger partial charge in [0.05, 0.1) is 13.2 Å². The fourth-order valence-corrected chi connectivity index (χ4v) is 5.32. The van der Waals surface area contributed by atoms with Crippen LogP contribution >= 0.6 is 15.9 Å². The van der Waals surface area contributed by atoms with Crippen molar-refractivity contribution in [3.05, 3.63) is 21.7 Å². The monoisotopic (exact) mass is 353 g/mol. The van der Waals surface area contributed by atoms with Crippen molar-refractivity contribution in [1.82, 2.24) is 4.90 Å². The van der Waals surface area contributed by atoms with Gasteiger partial charge in [0.2, 0.25) is 0 Å². The molecule has 4 rings (SSSR count). The maximum absolute atomic E-state index is 10.8. The molecule has 1 aromatic carbocycles. The lowest BCUT2D eigenvalue weighted by molar-refractivity contribution is 0.0371. The van der Waals surface area contributed by atoms with Crippen molar-refractivity contribution in [2.45, 2.75) is 49.8 Å². The molecule has 3 aliphatic rings. The van der Waals surface area contributed by atoms with Gasteiger partial charge >= 0.3 is 0 Å². The lowest BCUT2D eigenvalue weighted by atomic mass is 9.63. The Bertz CT molecular complexity index is 606. The Labute approximate surface area is 132 Å². The Kier molecular flexibility index (Phi) is 3.04. The minimum Gasteiger partial charge on any atom is -0.504 e. The molecule has 2 fully saturated rings. The third kappa shape index (κ3) is 1.74. The maximum atomic E-state index is 10.8. The summed E-state index contributed by atoms with van der Waals surface area (Å²) < 4.78 is 6.37. The van der Waals surface area contributed by atoms with E-state index in [0.717, 1.165) is 48.8 Å². The van der Waals surface area contributed by atoms with Gasteiger partial charge in [-0.15, -0.1) is 0 Å². The Balaban J connectivity index is 1.94. The first-order valence-corrected chi connectivity index (χ1v) is 8.37. The number of phenols is 1. The largest absolute Gasteiger partial charge is 0.504 e. The number of phenolic OH excluding ortho intramolecular Hbond substituents is 1. The second-order valence-corrected chi connectivity index (χ2v) is 7.44. The van der Waals surface area contributed by atoms with Gasteiger partial charge in [-0.25, -0.2) is 0 Å². The SMILES string of the molecule is COc1cc(Br)c2c(c1O)C13CCC(O)CC1N(CC3)C2. The zero-order chi connectivity index (χ0) is 14.8. The van der Waals surface area contributed by atoms with Crippen LogP contribution in [0, 0.1) is 0 Å². The molecule has 2 heterocycles. The number of benzene rings is 1. The van der Waals surface area contributed by atoms with Crippen LogP contribution in [0.2, 0.25) is 0 Å². The van der Waals surface area contributed by atoms with Crippen LogP contribution in [-0.4, -0.2) is 40.9 Å². The summed E-state index contributed by atoms with van der Waals surface area (Å²) in [5.74, 6) is 0.846. The normalized spacial score (nSPS) is 37.0. The summed E-state index contributed by atoms with van der Waals surface area (Å²) in [4.78, 5) is 2.47. The average molecular weight is 354 g/mol. The molecule has 4 nitrogen and oxygen atoms in total. The van der Waals surface area contributed by atoms with Crippen LogP contribution in [0.25, 0.3) is 0 Å². The van der Waals surface area contributed by atoms with E-state index in [1.165, 1.54) is 5.56 Å². The van der Waals surface area contributed by atoms with E-state index in [1.807, 2.05) is 6.07 Å². The number of hydrogen-bond acceptors (Lipinski definition) is 4. The van der Waals surface area contributed by atoms with E-state index in [-0.39, 0.29) is 11.5 Å². The molecule has 114 valence electrons. The Hall–Kier alpha value is -0.780. The number of hydrogen-bond donors (Lipinski definition) is 2. The summed E-state index contributed by atoms with van der Waals surface area (Å²) in [5.41, 5.74) is 2.24. The first-order chi connectivity index (χ1) is 10.1. The topological polar surface area (TPSA) is 52.9 Å². The molecular formula is C16H20BrNO3. The minimum absolute atomic E-state index is 0.0199. The van der Waals surface area contributed by atoms with Crippen LogP contribution in [-0.2, 0) is 12.0 Å². The van der Waals surface area contributed by atoms with Crippen molar-refractivity contribution in [2.24, 2.45) is 0 Å². The summed E-state index contributed by atoms with van der Waals surface area (Å²) in [5, 5.41) is 20.8.